The highest BCUT2D eigenvalue weighted by Gasteiger charge is 2.23. The lowest BCUT2D eigenvalue weighted by Gasteiger charge is -2.12. The molecule has 0 unspecified atom stereocenters. The van der Waals surface area contributed by atoms with Gasteiger partial charge in [0.25, 0.3) is 0 Å². The van der Waals surface area contributed by atoms with Gasteiger partial charge in [0.1, 0.15) is 22.5 Å². The summed E-state index contributed by atoms with van der Waals surface area (Å²) in [5.41, 5.74) is -0.750. The van der Waals surface area contributed by atoms with Gasteiger partial charge in [-0.05, 0) is 43.0 Å². The van der Waals surface area contributed by atoms with Gasteiger partial charge in [0.05, 0.1) is 13.2 Å². The molecular weight excluding hydrogens is 424 g/mol. The number of hydrogen-bond acceptors (Lipinski definition) is 7. The molecule has 0 radical (unpaired) electrons. The summed E-state index contributed by atoms with van der Waals surface area (Å²) in [6, 6.07) is 16.8. The number of carbonyl (C=O) groups excluding carboxylic acids is 2. The smallest absolute Gasteiger partial charge is 0.351 e. The van der Waals surface area contributed by atoms with Crippen molar-refractivity contribution in [2.24, 2.45) is 0 Å². The Morgan fingerprint density at radius 1 is 0.879 bits per heavy atom. The summed E-state index contributed by atoms with van der Waals surface area (Å²) in [5, 5.41) is 1.84. The molecule has 33 heavy (non-hydrogen) atoms. The lowest BCUT2D eigenvalue weighted by Crippen LogP contribution is -2.20. The van der Waals surface area contributed by atoms with E-state index in [1.807, 2.05) is 19.1 Å². The first-order valence-corrected chi connectivity index (χ1v) is 10.6. The van der Waals surface area contributed by atoms with Crippen molar-refractivity contribution in [1.29, 1.82) is 0 Å². The first-order valence-electron chi connectivity index (χ1n) is 10.6. The molecule has 0 N–H and O–H groups in total. The Morgan fingerprint density at radius 3 is 2.45 bits per heavy atom. The molecule has 0 amide bonds. The average Bonchev–Trinajstić information content (AvgIpc) is 2.82. The van der Waals surface area contributed by atoms with Crippen LogP contribution in [0.3, 0.4) is 0 Å². The predicted octanol–water partition coefficient (Wildman–Crippen LogP) is 5.13. The molecule has 7 nitrogen and oxygen atoms in total. The molecule has 0 fully saturated rings. The van der Waals surface area contributed by atoms with Crippen LogP contribution in [0.5, 0.6) is 11.5 Å². The van der Waals surface area contributed by atoms with E-state index in [9.17, 15) is 14.4 Å². The van der Waals surface area contributed by atoms with Crippen LogP contribution in [0.25, 0.3) is 21.7 Å². The summed E-state index contributed by atoms with van der Waals surface area (Å²) in [6.45, 7) is 4.37. The Labute approximate surface area is 189 Å². The van der Waals surface area contributed by atoms with Crippen molar-refractivity contribution in [3.05, 3.63) is 82.2 Å². The molecule has 4 rings (SSSR count). The quantitative estimate of drug-likeness (QED) is 0.221. The number of carbonyl (C=O) groups is 2. The van der Waals surface area contributed by atoms with Crippen LogP contribution in [0.4, 0.5) is 0 Å². The standard InChI is InChI=1S/C26H22O7/c1-3-13-31-18-11-9-17-14-21(25(28)32-22(17)15-18)26(29)33-23-19-8-6-5-7-16(19)10-12-20(23)24(27)30-4-2/h5-12,14-15H,3-4,13H2,1-2H3. The van der Waals surface area contributed by atoms with Gasteiger partial charge in [-0.2, -0.15) is 0 Å². The van der Waals surface area contributed by atoms with E-state index in [2.05, 4.69) is 0 Å². The maximum Gasteiger partial charge on any atom is 0.351 e. The zero-order chi connectivity index (χ0) is 23.4. The van der Waals surface area contributed by atoms with Gasteiger partial charge < -0.3 is 18.6 Å². The van der Waals surface area contributed by atoms with E-state index in [-0.39, 0.29) is 23.5 Å². The van der Waals surface area contributed by atoms with Crippen LogP contribution in [-0.4, -0.2) is 25.2 Å². The van der Waals surface area contributed by atoms with E-state index in [1.165, 1.54) is 12.1 Å². The normalized spacial score (nSPS) is 10.8. The van der Waals surface area contributed by atoms with E-state index >= 15 is 0 Å². The van der Waals surface area contributed by atoms with E-state index < -0.39 is 17.6 Å². The Morgan fingerprint density at radius 2 is 1.67 bits per heavy atom. The third-order valence-corrected chi connectivity index (χ3v) is 4.97. The molecule has 7 heteroatoms. The maximum absolute atomic E-state index is 13.0. The largest absolute Gasteiger partial charge is 0.493 e. The fourth-order valence-electron chi connectivity index (χ4n) is 3.41. The van der Waals surface area contributed by atoms with Gasteiger partial charge in [-0.1, -0.05) is 37.3 Å². The highest BCUT2D eigenvalue weighted by molar-refractivity contribution is 6.04. The van der Waals surface area contributed by atoms with Crippen molar-refractivity contribution in [2.45, 2.75) is 20.3 Å². The van der Waals surface area contributed by atoms with Crippen molar-refractivity contribution >= 4 is 33.7 Å². The Hall–Kier alpha value is -4.13. The lowest BCUT2D eigenvalue weighted by atomic mass is 10.1. The molecule has 0 aliphatic heterocycles. The first kappa shape index (κ1) is 22.1. The lowest BCUT2D eigenvalue weighted by molar-refractivity contribution is 0.0521. The Kier molecular flexibility index (Phi) is 6.40. The number of fused-ring (bicyclic) bond motifs is 2. The molecule has 0 saturated heterocycles. The van der Waals surface area contributed by atoms with Gasteiger partial charge in [0.15, 0.2) is 5.75 Å². The van der Waals surface area contributed by atoms with E-state index in [0.29, 0.717) is 28.7 Å². The van der Waals surface area contributed by atoms with Gasteiger partial charge in [-0.15, -0.1) is 0 Å². The SMILES string of the molecule is CCCOc1ccc2cc(C(=O)Oc3c(C(=O)OCC)ccc4ccccc34)c(=O)oc2c1. The highest BCUT2D eigenvalue weighted by Crippen LogP contribution is 2.31. The van der Waals surface area contributed by atoms with Gasteiger partial charge in [0, 0.05) is 16.8 Å². The van der Waals surface area contributed by atoms with E-state index in [1.54, 1.807) is 43.3 Å². The number of esters is 2. The molecule has 3 aromatic carbocycles. The van der Waals surface area contributed by atoms with E-state index in [4.69, 9.17) is 18.6 Å². The summed E-state index contributed by atoms with van der Waals surface area (Å²) in [4.78, 5) is 38.0. The summed E-state index contributed by atoms with van der Waals surface area (Å²) in [5.74, 6) is -0.966. The molecule has 0 bridgehead atoms. The average molecular weight is 446 g/mol. The second kappa shape index (κ2) is 9.56. The summed E-state index contributed by atoms with van der Waals surface area (Å²) < 4.78 is 21.6. The Balaban J connectivity index is 1.73. The topological polar surface area (TPSA) is 92.0 Å². The number of benzene rings is 3. The second-order valence-corrected chi connectivity index (χ2v) is 7.27. The predicted molar refractivity (Wildman–Crippen MR) is 123 cm³/mol. The zero-order valence-corrected chi connectivity index (χ0v) is 18.3. The van der Waals surface area contributed by atoms with Gasteiger partial charge >= 0.3 is 17.6 Å². The number of rotatable bonds is 7. The molecule has 4 aromatic rings. The fraction of sp³-hybridized carbons (Fsp3) is 0.192. The van der Waals surface area contributed by atoms with Gasteiger partial charge in [-0.3, -0.25) is 0 Å². The summed E-state index contributed by atoms with van der Waals surface area (Å²) >= 11 is 0. The van der Waals surface area contributed by atoms with Crippen molar-refractivity contribution in [2.75, 3.05) is 13.2 Å². The molecule has 0 aliphatic rings. The molecule has 1 aromatic heterocycles. The molecule has 1 heterocycles. The van der Waals surface area contributed by atoms with Crippen molar-refractivity contribution in [1.82, 2.24) is 0 Å². The summed E-state index contributed by atoms with van der Waals surface area (Å²) in [7, 11) is 0. The minimum atomic E-state index is -0.932. The number of ether oxygens (including phenoxy) is 3. The van der Waals surface area contributed by atoms with Crippen LogP contribution in [0.15, 0.2) is 69.9 Å². The van der Waals surface area contributed by atoms with Crippen LogP contribution in [0.1, 0.15) is 41.0 Å². The molecule has 0 aliphatic carbocycles. The molecule has 0 atom stereocenters. The third kappa shape index (κ3) is 4.57. The van der Waals surface area contributed by atoms with Crippen LogP contribution in [0.2, 0.25) is 0 Å². The van der Waals surface area contributed by atoms with Crippen molar-refractivity contribution in [3.8, 4) is 11.5 Å². The van der Waals surface area contributed by atoms with Gasteiger partial charge in [0.2, 0.25) is 0 Å². The number of hydrogen-bond donors (Lipinski definition) is 0. The maximum atomic E-state index is 13.0. The monoisotopic (exact) mass is 446 g/mol. The van der Waals surface area contributed by atoms with E-state index in [0.717, 1.165) is 11.8 Å². The first-order chi connectivity index (χ1) is 16.0. The fourth-order valence-corrected chi connectivity index (χ4v) is 3.41. The molecule has 168 valence electrons. The second-order valence-electron chi connectivity index (χ2n) is 7.27. The van der Waals surface area contributed by atoms with Gasteiger partial charge in [-0.25, -0.2) is 14.4 Å². The van der Waals surface area contributed by atoms with Crippen LogP contribution >= 0.6 is 0 Å². The van der Waals surface area contributed by atoms with Crippen molar-refractivity contribution < 1.29 is 28.2 Å². The minimum Gasteiger partial charge on any atom is -0.493 e. The van der Waals surface area contributed by atoms with Crippen LogP contribution in [-0.2, 0) is 4.74 Å². The molecular formula is C26H22O7. The van der Waals surface area contributed by atoms with Crippen LogP contribution in [0, 0.1) is 0 Å². The van der Waals surface area contributed by atoms with Crippen molar-refractivity contribution in [3.63, 3.8) is 0 Å². The van der Waals surface area contributed by atoms with Crippen LogP contribution < -0.4 is 15.1 Å². The molecule has 0 spiro atoms. The highest BCUT2D eigenvalue weighted by atomic mass is 16.5. The Bertz CT molecular complexity index is 1400. The summed E-state index contributed by atoms with van der Waals surface area (Å²) in [6.07, 6.45) is 0.842. The zero-order valence-electron chi connectivity index (χ0n) is 18.3. The third-order valence-electron chi connectivity index (χ3n) is 4.97. The molecule has 0 saturated carbocycles. The minimum absolute atomic E-state index is 0.0272.